The zero-order chi connectivity index (χ0) is 46.7. The van der Waals surface area contributed by atoms with Crippen molar-refractivity contribution in [3.8, 4) is 0 Å². The van der Waals surface area contributed by atoms with Gasteiger partial charge in [-0.15, -0.1) is 0 Å². The number of aliphatic hydroxyl groups is 2. The molecule has 374 valence electrons. The number of rotatable bonds is 50. The van der Waals surface area contributed by atoms with Crippen molar-refractivity contribution in [3.05, 3.63) is 48.6 Å². The first-order valence-electron chi connectivity index (χ1n) is 27.9. The van der Waals surface area contributed by atoms with E-state index in [1.54, 1.807) is 0 Å². The Balaban J connectivity index is 4.53. The Labute approximate surface area is 397 Å². The molecule has 1 amide bonds. The molecule has 6 nitrogen and oxygen atoms in total. The predicted octanol–water partition coefficient (Wildman–Crippen LogP) is 17.0. The fourth-order valence-electron chi connectivity index (χ4n) is 8.44. The lowest BCUT2D eigenvalue weighted by molar-refractivity contribution is -0.151. The molecule has 0 aromatic carbocycles. The number of allylic oxidation sites excluding steroid dienone is 8. The number of esters is 1. The largest absolute Gasteiger partial charge is 0.462 e. The minimum atomic E-state index is -0.799. The minimum Gasteiger partial charge on any atom is -0.462 e. The van der Waals surface area contributed by atoms with Gasteiger partial charge >= 0.3 is 5.97 Å². The van der Waals surface area contributed by atoms with Crippen LogP contribution in [0.5, 0.6) is 0 Å². The molecule has 0 saturated heterocycles. The molecule has 6 heteroatoms. The molecule has 0 aliphatic carbocycles. The summed E-state index contributed by atoms with van der Waals surface area (Å²) < 4.78 is 5.92. The van der Waals surface area contributed by atoms with Crippen LogP contribution in [0.15, 0.2) is 48.6 Å². The summed E-state index contributed by atoms with van der Waals surface area (Å²) in [6.07, 6.45) is 63.3. The number of carbonyl (C=O) groups is 2. The maximum absolute atomic E-state index is 13.2. The lowest BCUT2D eigenvalue weighted by Crippen LogP contribution is -2.46. The molecule has 0 aliphatic rings. The maximum Gasteiger partial charge on any atom is 0.306 e. The highest BCUT2D eigenvalue weighted by Gasteiger charge is 2.24. The lowest BCUT2D eigenvalue weighted by Gasteiger charge is -2.24. The van der Waals surface area contributed by atoms with Gasteiger partial charge in [-0.3, -0.25) is 9.59 Å². The zero-order valence-electron chi connectivity index (χ0n) is 42.7. The van der Waals surface area contributed by atoms with Gasteiger partial charge in [0.05, 0.1) is 25.2 Å². The van der Waals surface area contributed by atoms with Gasteiger partial charge in [-0.25, -0.2) is 0 Å². The number of ether oxygens (including phenoxy) is 1. The first kappa shape index (κ1) is 61.8. The van der Waals surface area contributed by atoms with Crippen LogP contribution >= 0.6 is 0 Å². The van der Waals surface area contributed by atoms with Gasteiger partial charge in [0.1, 0.15) is 6.10 Å². The van der Waals surface area contributed by atoms with Crippen LogP contribution in [0, 0.1) is 0 Å². The summed E-state index contributed by atoms with van der Waals surface area (Å²) in [4.78, 5) is 26.2. The van der Waals surface area contributed by atoms with Gasteiger partial charge in [0.15, 0.2) is 0 Å². The van der Waals surface area contributed by atoms with E-state index in [0.717, 1.165) is 83.5 Å². The number of aliphatic hydroxyl groups excluding tert-OH is 2. The lowest BCUT2D eigenvalue weighted by atomic mass is 10.0. The first-order chi connectivity index (χ1) is 31.5. The van der Waals surface area contributed by atoms with Crippen molar-refractivity contribution in [2.45, 2.75) is 302 Å². The fourth-order valence-corrected chi connectivity index (χ4v) is 8.44. The van der Waals surface area contributed by atoms with Crippen molar-refractivity contribution in [1.29, 1.82) is 0 Å². The molecule has 64 heavy (non-hydrogen) atoms. The molecular formula is C58H107NO5. The molecule has 0 heterocycles. The van der Waals surface area contributed by atoms with Crippen molar-refractivity contribution >= 4 is 11.9 Å². The number of hydrogen-bond donors (Lipinski definition) is 3. The Kier molecular flexibility index (Phi) is 50.0. The van der Waals surface area contributed by atoms with Crippen LogP contribution in [-0.4, -0.2) is 46.9 Å². The molecule has 0 aromatic rings. The summed E-state index contributed by atoms with van der Waals surface area (Å²) in [5.41, 5.74) is 0. The standard InChI is InChI=1S/C58H107NO5/c1-4-7-10-13-16-19-22-25-27-28-29-31-33-36-39-42-45-48-51-58(63)64-54(49-46-43-40-37-34-24-21-18-15-12-9-6-3)52-57(62)59-55(53-60)56(61)50-47-44-41-38-35-32-30-26-23-20-17-14-11-8-5-2/h9,12,18,21,29,31,34,37,54-56,60-61H,4-8,10-11,13-17,19-20,22-28,30,32-33,35-36,38-53H2,1-3H3,(H,59,62)/b12-9+,21-18+,31-29+,37-34+. The van der Waals surface area contributed by atoms with E-state index in [9.17, 15) is 19.8 Å². The Morgan fingerprint density at radius 1 is 0.469 bits per heavy atom. The summed E-state index contributed by atoms with van der Waals surface area (Å²) in [6, 6.07) is -0.715. The van der Waals surface area contributed by atoms with E-state index in [1.165, 1.54) is 154 Å². The van der Waals surface area contributed by atoms with E-state index in [0.29, 0.717) is 19.3 Å². The number of nitrogens with one attached hydrogen (secondary N) is 1. The molecule has 0 radical (unpaired) electrons. The van der Waals surface area contributed by atoms with Crippen molar-refractivity contribution in [2.75, 3.05) is 6.61 Å². The van der Waals surface area contributed by atoms with Gasteiger partial charge in [0.2, 0.25) is 5.91 Å². The molecule has 0 bridgehead atoms. The second kappa shape index (κ2) is 51.8. The molecular weight excluding hydrogens is 791 g/mol. The van der Waals surface area contributed by atoms with Gasteiger partial charge in [-0.2, -0.15) is 0 Å². The van der Waals surface area contributed by atoms with E-state index in [4.69, 9.17) is 4.74 Å². The average Bonchev–Trinajstić information content (AvgIpc) is 3.29. The van der Waals surface area contributed by atoms with Crippen LogP contribution < -0.4 is 5.32 Å². The fraction of sp³-hybridized carbons (Fsp3) is 0.828. The molecule has 0 saturated carbocycles. The second-order valence-corrected chi connectivity index (χ2v) is 19.0. The van der Waals surface area contributed by atoms with E-state index in [1.807, 2.05) is 0 Å². The van der Waals surface area contributed by atoms with Gasteiger partial charge < -0.3 is 20.3 Å². The van der Waals surface area contributed by atoms with E-state index in [-0.39, 0.29) is 24.9 Å². The SMILES string of the molecule is CC/C=C/C/C=C/C/C=C/CCCCC(CC(=O)NC(CO)C(O)CCCCCCCCCCCCCCCCC)OC(=O)CCCCCCC/C=C/CCCCCCCCCCC. The van der Waals surface area contributed by atoms with Crippen LogP contribution in [0.1, 0.15) is 284 Å². The van der Waals surface area contributed by atoms with Crippen molar-refractivity contribution in [1.82, 2.24) is 5.32 Å². The molecule has 0 aromatic heterocycles. The van der Waals surface area contributed by atoms with Crippen LogP contribution in [0.4, 0.5) is 0 Å². The number of hydrogen-bond acceptors (Lipinski definition) is 5. The summed E-state index contributed by atoms with van der Waals surface area (Å²) in [6.45, 7) is 6.38. The number of unbranched alkanes of at least 4 members (excludes halogenated alkanes) is 30. The summed E-state index contributed by atoms with van der Waals surface area (Å²) in [7, 11) is 0. The highest BCUT2D eigenvalue weighted by atomic mass is 16.5. The molecule has 0 fully saturated rings. The Morgan fingerprint density at radius 2 is 0.844 bits per heavy atom. The first-order valence-corrected chi connectivity index (χ1v) is 27.9. The van der Waals surface area contributed by atoms with Crippen LogP contribution in [0.2, 0.25) is 0 Å². The predicted molar refractivity (Wildman–Crippen MR) is 278 cm³/mol. The highest BCUT2D eigenvalue weighted by molar-refractivity contribution is 5.77. The third kappa shape index (κ3) is 46.4. The normalized spacial score (nSPS) is 13.5. The van der Waals surface area contributed by atoms with Crippen molar-refractivity contribution in [3.63, 3.8) is 0 Å². The minimum absolute atomic E-state index is 0.0493. The third-order valence-electron chi connectivity index (χ3n) is 12.6. The van der Waals surface area contributed by atoms with E-state index >= 15 is 0 Å². The van der Waals surface area contributed by atoms with Crippen LogP contribution in [-0.2, 0) is 14.3 Å². The molecule has 3 N–H and O–H groups in total. The Hall–Kier alpha value is -2.18. The Bertz CT molecular complexity index is 1100. The van der Waals surface area contributed by atoms with Gasteiger partial charge in [0.25, 0.3) is 0 Å². The van der Waals surface area contributed by atoms with Crippen molar-refractivity contribution in [2.24, 2.45) is 0 Å². The zero-order valence-corrected chi connectivity index (χ0v) is 42.7. The molecule has 0 rings (SSSR count). The topological polar surface area (TPSA) is 95.9 Å². The molecule has 0 spiro atoms. The summed E-state index contributed by atoms with van der Waals surface area (Å²) >= 11 is 0. The highest BCUT2D eigenvalue weighted by Crippen LogP contribution is 2.18. The second-order valence-electron chi connectivity index (χ2n) is 19.0. The molecule has 3 unspecified atom stereocenters. The average molecular weight is 898 g/mol. The van der Waals surface area contributed by atoms with Crippen molar-refractivity contribution < 1.29 is 24.5 Å². The maximum atomic E-state index is 13.2. The summed E-state index contributed by atoms with van der Waals surface area (Å²) in [5, 5.41) is 23.8. The number of carbonyl (C=O) groups excluding carboxylic acids is 2. The molecule has 3 atom stereocenters. The van der Waals surface area contributed by atoms with Gasteiger partial charge in [-0.05, 0) is 83.5 Å². The van der Waals surface area contributed by atoms with Crippen LogP contribution in [0.25, 0.3) is 0 Å². The number of amides is 1. The van der Waals surface area contributed by atoms with Gasteiger partial charge in [0, 0.05) is 6.42 Å². The smallest absolute Gasteiger partial charge is 0.306 e. The quantitative estimate of drug-likeness (QED) is 0.0321. The summed E-state index contributed by atoms with van der Waals surface area (Å²) in [5.74, 6) is -0.514. The van der Waals surface area contributed by atoms with Crippen LogP contribution in [0.3, 0.4) is 0 Å². The molecule has 0 aliphatic heterocycles. The van der Waals surface area contributed by atoms with Gasteiger partial charge in [-0.1, -0.05) is 236 Å². The van der Waals surface area contributed by atoms with E-state index < -0.39 is 18.2 Å². The monoisotopic (exact) mass is 898 g/mol. The third-order valence-corrected chi connectivity index (χ3v) is 12.6. The van der Waals surface area contributed by atoms with E-state index in [2.05, 4.69) is 74.7 Å². The Morgan fingerprint density at radius 3 is 1.31 bits per heavy atom.